The Bertz CT molecular complexity index is 174. The summed E-state index contributed by atoms with van der Waals surface area (Å²) >= 11 is 0. The summed E-state index contributed by atoms with van der Waals surface area (Å²) in [6.45, 7) is 5.08. The second kappa shape index (κ2) is 6.62. The number of rotatable bonds is 5. The van der Waals surface area contributed by atoms with Gasteiger partial charge in [0, 0.05) is 6.54 Å². The van der Waals surface area contributed by atoms with Crippen LogP contribution in [-0.2, 0) is 4.79 Å². The number of nitriles is 1. The van der Waals surface area contributed by atoms with E-state index in [9.17, 15) is 4.79 Å². The third kappa shape index (κ3) is 4.69. The van der Waals surface area contributed by atoms with Crippen molar-refractivity contribution in [1.82, 2.24) is 10.6 Å². The van der Waals surface area contributed by atoms with Crippen molar-refractivity contribution in [2.24, 2.45) is 0 Å². The molecular formula is C8H15N3O. The van der Waals surface area contributed by atoms with Crippen molar-refractivity contribution >= 4 is 5.91 Å². The third-order valence-corrected chi connectivity index (χ3v) is 1.37. The van der Waals surface area contributed by atoms with Crippen LogP contribution in [0.4, 0.5) is 0 Å². The second-order valence-corrected chi connectivity index (χ2v) is 2.40. The van der Waals surface area contributed by atoms with Crippen molar-refractivity contribution in [1.29, 1.82) is 5.26 Å². The molecule has 0 bridgehead atoms. The van der Waals surface area contributed by atoms with Crippen LogP contribution in [0, 0.1) is 11.3 Å². The Morgan fingerprint density at radius 2 is 2.17 bits per heavy atom. The number of nitrogens with zero attached hydrogens (tertiary/aromatic N) is 1. The van der Waals surface area contributed by atoms with Crippen LogP contribution in [0.5, 0.6) is 0 Å². The number of nitrogens with one attached hydrogen (secondary N) is 2. The zero-order valence-corrected chi connectivity index (χ0v) is 7.55. The lowest BCUT2D eigenvalue weighted by Crippen LogP contribution is -2.34. The summed E-state index contributed by atoms with van der Waals surface area (Å²) in [5.41, 5.74) is 0. The molecule has 0 aliphatic carbocycles. The second-order valence-electron chi connectivity index (χ2n) is 2.40. The molecule has 2 N–H and O–H groups in total. The molecule has 68 valence electrons. The molecule has 0 heterocycles. The minimum atomic E-state index is -0.360. The average Bonchev–Trinajstić information content (AvgIpc) is 2.04. The number of carbonyl (C=O) groups is 1. The van der Waals surface area contributed by atoms with Crippen LogP contribution < -0.4 is 10.6 Å². The van der Waals surface area contributed by atoms with Gasteiger partial charge in [0.15, 0.2) is 0 Å². The van der Waals surface area contributed by atoms with Gasteiger partial charge in [-0.2, -0.15) is 5.26 Å². The summed E-state index contributed by atoms with van der Waals surface area (Å²) in [5, 5.41) is 14.1. The fourth-order valence-corrected chi connectivity index (χ4v) is 0.865. The van der Waals surface area contributed by atoms with E-state index in [2.05, 4.69) is 10.6 Å². The van der Waals surface area contributed by atoms with E-state index >= 15 is 0 Å². The Balaban J connectivity index is 3.71. The molecule has 12 heavy (non-hydrogen) atoms. The topological polar surface area (TPSA) is 64.9 Å². The van der Waals surface area contributed by atoms with Gasteiger partial charge in [-0.15, -0.1) is 0 Å². The van der Waals surface area contributed by atoms with E-state index in [0.717, 1.165) is 0 Å². The highest BCUT2D eigenvalue weighted by Gasteiger charge is 2.09. The molecule has 0 saturated carbocycles. The van der Waals surface area contributed by atoms with E-state index < -0.39 is 0 Å². The lowest BCUT2D eigenvalue weighted by Gasteiger charge is -2.08. The average molecular weight is 169 g/mol. The van der Waals surface area contributed by atoms with Gasteiger partial charge in [-0.25, -0.2) is 0 Å². The zero-order valence-electron chi connectivity index (χ0n) is 7.55. The zero-order chi connectivity index (χ0) is 9.40. The predicted octanol–water partition coefficient (Wildman–Crippen LogP) is 0.0143. The van der Waals surface area contributed by atoms with Gasteiger partial charge in [0.25, 0.3) is 0 Å². The minimum Gasteiger partial charge on any atom is -0.356 e. The number of hydrogen-bond donors (Lipinski definition) is 2. The molecule has 4 nitrogen and oxygen atoms in total. The van der Waals surface area contributed by atoms with Crippen molar-refractivity contribution in [3.63, 3.8) is 0 Å². The third-order valence-electron chi connectivity index (χ3n) is 1.37. The Hall–Kier alpha value is -1.08. The first kappa shape index (κ1) is 10.9. The summed E-state index contributed by atoms with van der Waals surface area (Å²) < 4.78 is 0. The Morgan fingerprint density at radius 1 is 1.50 bits per heavy atom. The molecule has 1 unspecified atom stereocenters. The molecule has 0 saturated heterocycles. The van der Waals surface area contributed by atoms with E-state index in [-0.39, 0.29) is 18.4 Å². The lowest BCUT2D eigenvalue weighted by atomic mass is 10.2. The fourth-order valence-electron chi connectivity index (χ4n) is 0.865. The maximum absolute atomic E-state index is 11.0. The van der Waals surface area contributed by atoms with Gasteiger partial charge in [0.1, 0.15) is 6.04 Å². The highest BCUT2D eigenvalue weighted by atomic mass is 16.1. The molecule has 4 heteroatoms. The molecule has 0 aromatic carbocycles. The Morgan fingerprint density at radius 3 is 2.58 bits per heavy atom. The molecule has 0 aliphatic rings. The summed E-state index contributed by atoms with van der Waals surface area (Å²) in [6, 6.07) is 1.66. The van der Waals surface area contributed by atoms with Gasteiger partial charge in [0.2, 0.25) is 5.91 Å². The van der Waals surface area contributed by atoms with Crippen molar-refractivity contribution in [3.05, 3.63) is 0 Å². The van der Waals surface area contributed by atoms with Crippen LogP contribution in [0.1, 0.15) is 20.3 Å². The normalized spacial score (nSPS) is 11.8. The molecule has 1 atom stereocenters. The van der Waals surface area contributed by atoms with Crippen LogP contribution in [-0.4, -0.2) is 25.0 Å². The van der Waals surface area contributed by atoms with E-state index in [1.165, 1.54) is 0 Å². The van der Waals surface area contributed by atoms with Crippen LogP contribution in [0.15, 0.2) is 0 Å². The predicted molar refractivity (Wildman–Crippen MR) is 46.4 cm³/mol. The number of hydrogen-bond acceptors (Lipinski definition) is 3. The van der Waals surface area contributed by atoms with Crippen molar-refractivity contribution in [2.45, 2.75) is 26.3 Å². The molecular weight excluding hydrogens is 154 g/mol. The van der Waals surface area contributed by atoms with Crippen molar-refractivity contribution in [2.75, 3.05) is 13.1 Å². The van der Waals surface area contributed by atoms with E-state index in [1.54, 1.807) is 0 Å². The summed E-state index contributed by atoms with van der Waals surface area (Å²) in [4.78, 5) is 11.0. The van der Waals surface area contributed by atoms with Gasteiger partial charge in [-0.1, -0.05) is 6.92 Å². The quantitative estimate of drug-likeness (QED) is 0.609. The maximum Gasteiger partial charge on any atom is 0.222 e. The summed E-state index contributed by atoms with van der Waals surface area (Å²) in [6.07, 6.45) is 0.234. The molecule has 0 aliphatic heterocycles. The fraction of sp³-hybridized carbons (Fsp3) is 0.750. The van der Waals surface area contributed by atoms with Gasteiger partial charge in [-0.05, 0) is 13.5 Å². The van der Waals surface area contributed by atoms with E-state index in [0.29, 0.717) is 13.1 Å². The monoisotopic (exact) mass is 169 g/mol. The van der Waals surface area contributed by atoms with Crippen molar-refractivity contribution in [3.8, 4) is 6.07 Å². The SMILES string of the molecule is CCNC(=O)CC(C#N)NCC. The van der Waals surface area contributed by atoms with E-state index in [1.807, 2.05) is 19.9 Å². The van der Waals surface area contributed by atoms with Crippen LogP contribution >= 0.6 is 0 Å². The first-order chi connectivity index (χ1) is 5.74. The Labute approximate surface area is 72.9 Å². The minimum absolute atomic E-state index is 0.0787. The van der Waals surface area contributed by atoms with Gasteiger partial charge in [0.05, 0.1) is 12.5 Å². The number of carbonyl (C=O) groups excluding carboxylic acids is 1. The lowest BCUT2D eigenvalue weighted by molar-refractivity contribution is -0.121. The highest BCUT2D eigenvalue weighted by molar-refractivity contribution is 5.76. The van der Waals surface area contributed by atoms with Crippen LogP contribution in [0.2, 0.25) is 0 Å². The molecule has 0 aromatic rings. The summed E-state index contributed by atoms with van der Waals surface area (Å²) in [5.74, 6) is -0.0787. The first-order valence-corrected chi connectivity index (χ1v) is 4.14. The molecule has 0 spiro atoms. The van der Waals surface area contributed by atoms with Gasteiger partial charge < -0.3 is 10.6 Å². The highest BCUT2D eigenvalue weighted by Crippen LogP contribution is 1.89. The first-order valence-electron chi connectivity index (χ1n) is 4.14. The van der Waals surface area contributed by atoms with Gasteiger partial charge >= 0.3 is 0 Å². The molecule has 1 amide bonds. The maximum atomic E-state index is 11.0. The van der Waals surface area contributed by atoms with Crippen LogP contribution in [0.25, 0.3) is 0 Å². The number of amides is 1. The molecule has 0 radical (unpaired) electrons. The smallest absolute Gasteiger partial charge is 0.222 e. The van der Waals surface area contributed by atoms with E-state index in [4.69, 9.17) is 5.26 Å². The molecule has 0 fully saturated rings. The molecule has 0 rings (SSSR count). The summed E-state index contributed by atoms with van der Waals surface area (Å²) in [7, 11) is 0. The standard InChI is InChI=1S/C8H15N3O/c1-3-10-7(6-9)5-8(12)11-4-2/h7,10H,3-5H2,1-2H3,(H,11,12). The van der Waals surface area contributed by atoms with Crippen LogP contribution in [0.3, 0.4) is 0 Å². The Kier molecular flexibility index (Phi) is 6.02. The largest absolute Gasteiger partial charge is 0.356 e. The van der Waals surface area contributed by atoms with Gasteiger partial charge in [-0.3, -0.25) is 4.79 Å². The molecule has 0 aromatic heterocycles. The van der Waals surface area contributed by atoms with Crippen molar-refractivity contribution < 1.29 is 4.79 Å².